The summed E-state index contributed by atoms with van der Waals surface area (Å²) in [6, 6.07) is 0. The minimum Gasteiger partial charge on any atom is -0.474 e. The number of aryl methyl sites for hydroxylation is 2. The summed E-state index contributed by atoms with van der Waals surface area (Å²) >= 11 is 0. The van der Waals surface area contributed by atoms with Crippen LogP contribution in [0.5, 0.6) is 5.88 Å². The third-order valence-electron chi connectivity index (χ3n) is 1.81. The minimum atomic E-state index is 0.728. The fourth-order valence-corrected chi connectivity index (χ4v) is 1.33. The van der Waals surface area contributed by atoms with Gasteiger partial charge in [0.15, 0.2) is 0 Å². The van der Waals surface area contributed by atoms with Crippen molar-refractivity contribution in [1.29, 1.82) is 0 Å². The van der Waals surface area contributed by atoms with E-state index in [0.29, 0.717) is 0 Å². The Hall–Kier alpha value is -1.19. The maximum absolute atomic E-state index is 5.41. The number of ether oxygens (including phenoxy) is 1. The fraction of sp³-hybridized carbons (Fsp3) is 0.571. The summed E-state index contributed by atoms with van der Waals surface area (Å²) in [6.07, 6.45) is 0. The van der Waals surface area contributed by atoms with Crippen LogP contribution in [0.1, 0.15) is 5.69 Å². The quantitative estimate of drug-likeness (QED) is 0.591. The molecule has 0 aromatic carbocycles. The highest BCUT2D eigenvalue weighted by Crippen LogP contribution is 2.29. The number of nitrogens with one attached hydrogen (secondary N) is 1. The number of anilines is 1. The normalized spacial score (nSPS) is 15.1. The van der Waals surface area contributed by atoms with Crippen molar-refractivity contribution < 1.29 is 4.74 Å². The Morgan fingerprint density at radius 2 is 2.45 bits per heavy atom. The van der Waals surface area contributed by atoms with E-state index < -0.39 is 0 Å². The average molecular weight is 153 g/mol. The van der Waals surface area contributed by atoms with Crippen LogP contribution in [0.3, 0.4) is 0 Å². The third kappa shape index (κ3) is 0.859. The Balaban J connectivity index is 2.52. The maximum Gasteiger partial charge on any atom is 0.236 e. The second-order valence-electron chi connectivity index (χ2n) is 2.66. The zero-order valence-electron chi connectivity index (χ0n) is 6.72. The molecule has 0 unspecified atom stereocenters. The molecule has 4 heteroatoms. The molecule has 0 radical (unpaired) electrons. The Bertz CT molecular complexity index is 253. The van der Waals surface area contributed by atoms with Crippen molar-refractivity contribution in [3.05, 3.63) is 5.69 Å². The predicted octanol–water partition coefficient (Wildman–Crippen LogP) is 0.533. The van der Waals surface area contributed by atoms with E-state index in [4.69, 9.17) is 4.74 Å². The molecule has 0 aliphatic carbocycles. The zero-order chi connectivity index (χ0) is 7.84. The summed E-state index contributed by atoms with van der Waals surface area (Å²) in [5.41, 5.74) is 2.04. The predicted molar refractivity (Wildman–Crippen MR) is 41.9 cm³/mol. The number of hydrogen-bond donors (Lipinski definition) is 1. The van der Waals surface area contributed by atoms with E-state index in [0.717, 1.165) is 30.4 Å². The summed E-state index contributed by atoms with van der Waals surface area (Å²) in [7, 11) is 1.89. The van der Waals surface area contributed by atoms with E-state index in [9.17, 15) is 0 Å². The molecule has 1 N–H and O–H groups in total. The van der Waals surface area contributed by atoms with E-state index in [2.05, 4.69) is 10.4 Å². The van der Waals surface area contributed by atoms with Crippen LogP contribution >= 0.6 is 0 Å². The van der Waals surface area contributed by atoms with Crippen LogP contribution in [0.15, 0.2) is 0 Å². The zero-order valence-corrected chi connectivity index (χ0v) is 6.72. The highest BCUT2D eigenvalue weighted by molar-refractivity contribution is 5.58. The highest BCUT2D eigenvalue weighted by atomic mass is 16.5. The van der Waals surface area contributed by atoms with Gasteiger partial charge in [-0.05, 0) is 6.92 Å². The van der Waals surface area contributed by atoms with Crippen molar-refractivity contribution in [1.82, 2.24) is 9.78 Å². The van der Waals surface area contributed by atoms with Crippen LogP contribution in [-0.4, -0.2) is 22.9 Å². The van der Waals surface area contributed by atoms with Crippen LogP contribution in [0.25, 0.3) is 0 Å². The maximum atomic E-state index is 5.41. The van der Waals surface area contributed by atoms with Gasteiger partial charge in [0.1, 0.15) is 12.3 Å². The van der Waals surface area contributed by atoms with Gasteiger partial charge < -0.3 is 10.1 Å². The van der Waals surface area contributed by atoms with Crippen molar-refractivity contribution >= 4 is 5.69 Å². The molecule has 0 atom stereocenters. The molecule has 1 aromatic heterocycles. The van der Waals surface area contributed by atoms with Crippen molar-refractivity contribution in [2.75, 3.05) is 18.5 Å². The molecular weight excluding hydrogens is 142 g/mol. The number of nitrogens with zero attached hydrogens (tertiary/aromatic N) is 2. The monoisotopic (exact) mass is 153 g/mol. The molecule has 0 saturated heterocycles. The van der Waals surface area contributed by atoms with Crippen molar-refractivity contribution in [3.63, 3.8) is 0 Å². The molecule has 0 fully saturated rings. The SMILES string of the molecule is Cc1nn(C)c2c1NCCO2. The molecule has 4 nitrogen and oxygen atoms in total. The molecule has 2 rings (SSSR count). The van der Waals surface area contributed by atoms with E-state index in [1.807, 2.05) is 14.0 Å². The summed E-state index contributed by atoms with van der Waals surface area (Å²) < 4.78 is 7.17. The highest BCUT2D eigenvalue weighted by Gasteiger charge is 2.17. The van der Waals surface area contributed by atoms with Crippen molar-refractivity contribution in [2.24, 2.45) is 7.05 Å². The van der Waals surface area contributed by atoms with Gasteiger partial charge in [0.05, 0.1) is 5.69 Å². The molecule has 2 heterocycles. The van der Waals surface area contributed by atoms with Gasteiger partial charge in [-0.2, -0.15) is 5.10 Å². The van der Waals surface area contributed by atoms with Crippen LogP contribution in [0.4, 0.5) is 5.69 Å². The molecule has 0 saturated carbocycles. The summed E-state index contributed by atoms with van der Waals surface area (Å²) in [5.74, 6) is 0.855. The standard InChI is InChI=1S/C7H11N3O/c1-5-6-7(10(2)9-5)11-4-3-8-6/h8H,3-4H2,1-2H3. The smallest absolute Gasteiger partial charge is 0.236 e. The van der Waals surface area contributed by atoms with Gasteiger partial charge in [-0.3, -0.25) is 0 Å². The molecule has 0 bridgehead atoms. The lowest BCUT2D eigenvalue weighted by Gasteiger charge is -2.15. The lowest BCUT2D eigenvalue weighted by molar-refractivity contribution is 0.295. The van der Waals surface area contributed by atoms with Crippen molar-refractivity contribution in [2.45, 2.75) is 6.92 Å². The molecule has 60 valence electrons. The second-order valence-corrected chi connectivity index (χ2v) is 2.66. The second kappa shape index (κ2) is 2.15. The van der Waals surface area contributed by atoms with Gasteiger partial charge in [0.25, 0.3) is 0 Å². The molecular formula is C7H11N3O. The summed E-state index contributed by atoms with van der Waals surface area (Å²) in [5, 5.41) is 7.47. The number of fused-ring (bicyclic) bond motifs is 1. The first-order chi connectivity index (χ1) is 5.29. The number of hydrogen-bond acceptors (Lipinski definition) is 3. The molecule has 0 amide bonds. The number of rotatable bonds is 0. The van der Waals surface area contributed by atoms with E-state index in [1.54, 1.807) is 4.68 Å². The van der Waals surface area contributed by atoms with Gasteiger partial charge >= 0.3 is 0 Å². The lowest BCUT2D eigenvalue weighted by atomic mass is 10.3. The molecule has 1 aromatic rings. The first-order valence-electron chi connectivity index (χ1n) is 3.69. The Morgan fingerprint density at radius 1 is 1.64 bits per heavy atom. The van der Waals surface area contributed by atoms with E-state index in [-0.39, 0.29) is 0 Å². The fourth-order valence-electron chi connectivity index (χ4n) is 1.33. The summed E-state index contributed by atoms with van der Waals surface area (Å²) in [4.78, 5) is 0. The van der Waals surface area contributed by atoms with Crippen LogP contribution in [-0.2, 0) is 7.05 Å². The topological polar surface area (TPSA) is 39.1 Å². The Kier molecular flexibility index (Phi) is 1.27. The minimum absolute atomic E-state index is 0.728. The van der Waals surface area contributed by atoms with E-state index >= 15 is 0 Å². The van der Waals surface area contributed by atoms with Crippen LogP contribution < -0.4 is 10.1 Å². The van der Waals surface area contributed by atoms with E-state index in [1.165, 1.54) is 0 Å². The van der Waals surface area contributed by atoms with Crippen LogP contribution in [0.2, 0.25) is 0 Å². The Labute approximate surface area is 65.2 Å². The molecule has 0 spiro atoms. The first-order valence-corrected chi connectivity index (χ1v) is 3.69. The largest absolute Gasteiger partial charge is 0.474 e. The first kappa shape index (κ1) is 6.52. The number of aromatic nitrogens is 2. The third-order valence-corrected chi connectivity index (χ3v) is 1.81. The van der Waals surface area contributed by atoms with Gasteiger partial charge in [-0.25, -0.2) is 4.68 Å². The molecule has 11 heavy (non-hydrogen) atoms. The van der Waals surface area contributed by atoms with Crippen LogP contribution in [0, 0.1) is 6.92 Å². The average Bonchev–Trinajstić information content (AvgIpc) is 2.30. The van der Waals surface area contributed by atoms with Gasteiger partial charge in [0.2, 0.25) is 5.88 Å². The molecule has 1 aliphatic rings. The summed E-state index contributed by atoms with van der Waals surface area (Å²) in [6.45, 7) is 3.58. The van der Waals surface area contributed by atoms with Gasteiger partial charge in [-0.15, -0.1) is 0 Å². The van der Waals surface area contributed by atoms with Crippen molar-refractivity contribution in [3.8, 4) is 5.88 Å². The van der Waals surface area contributed by atoms with Gasteiger partial charge in [-0.1, -0.05) is 0 Å². The van der Waals surface area contributed by atoms with Gasteiger partial charge in [0, 0.05) is 13.6 Å². The molecule has 1 aliphatic heterocycles. The Morgan fingerprint density at radius 3 is 3.18 bits per heavy atom. The lowest BCUT2D eigenvalue weighted by Crippen LogP contribution is -2.18.